The molecule has 0 heterocycles. The number of nitrogens with one attached hydrogen (secondary N) is 1. The fourth-order valence-electron chi connectivity index (χ4n) is 10.1. The van der Waals surface area contributed by atoms with Crippen molar-refractivity contribution in [1.82, 2.24) is 0 Å². The molecule has 38 heavy (non-hydrogen) atoms. The second-order valence-corrected chi connectivity index (χ2v) is 12.5. The first-order valence-corrected chi connectivity index (χ1v) is 14.5. The van der Waals surface area contributed by atoms with E-state index in [1.54, 1.807) is 0 Å². The van der Waals surface area contributed by atoms with Crippen molar-refractivity contribution in [3.8, 4) is 6.19 Å². The lowest BCUT2D eigenvalue weighted by Gasteiger charge is -2.51. The fraction of sp³-hybridized carbons (Fsp3) is 0.545. The van der Waals surface area contributed by atoms with E-state index in [1.807, 2.05) is 12.1 Å². The topological polar surface area (TPSA) is 60.0 Å². The van der Waals surface area contributed by atoms with Crippen molar-refractivity contribution in [2.24, 2.45) is 52.3 Å². The van der Waals surface area contributed by atoms with Gasteiger partial charge >= 0.3 is 0 Å². The molecule has 5 aliphatic rings. The summed E-state index contributed by atoms with van der Waals surface area (Å²) in [6.45, 7) is 0. The summed E-state index contributed by atoms with van der Waals surface area (Å²) in [5.74, 6) is 1.15. The summed E-state index contributed by atoms with van der Waals surface area (Å²) < 4.78 is 29.7. The molecule has 0 aromatic heterocycles. The molecule has 0 amide bonds. The standard InChI is InChI=1S/C33H35F2N3/c34-20-11-13-22-24(15-20)32(37)30-26(18-7-3-1-4-8-18)29-23-14-12-21(35)16-25(23)33(38-17-36)31(29)27(28(22)30)19-9-5-2-6-10-19/h1-10,20-31,37H,11-16H2. The van der Waals surface area contributed by atoms with E-state index in [0.717, 1.165) is 24.3 Å². The molecule has 2 aromatic carbocycles. The van der Waals surface area contributed by atoms with Gasteiger partial charge in [0.25, 0.3) is 0 Å². The van der Waals surface area contributed by atoms with Gasteiger partial charge in [0.15, 0.2) is 0 Å². The highest BCUT2D eigenvalue weighted by molar-refractivity contribution is 5.96. The zero-order valence-corrected chi connectivity index (χ0v) is 21.6. The fourth-order valence-corrected chi connectivity index (χ4v) is 10.1. The van der Waals surface area contributed by atoms with Gasteiger partial charge in [-0.2, -0.15) is 10.3 Å². The lowest BCUT2D eigenvalue weighted by atomic mass is 9.52. The van der Waals surface area contributed by atoms with Gasteiger partial charge in [0.05, 0.1) is 0 Å². The van der Waals surface area contributed by atoms with Crippen LogP contribution < -0.4 is 0 Å². The van der Waals surface area contributed by atoms with E-state index >= 15 is 0 Å². The first-order valence-electron chi connectivity index (χ1n) is 14.5. The van der Waals surface area contributed by atoms with Gasteiger partial charge < -0.3 is 5.41 Å². The van der Waals surface area contributed by atoms with Crippen LogP contribution in [0.4, 0.5) is 8.78 Å². The van der Waals surface area contributed by atoms with Gasteiger partial charge in [-0.15, -0.1) is 0 Å². The molecule has 7 rings (SSSR count). The molecule has 1 N–H and O–H groups in total. The lowest BCUT2D eigenvalue weighted by Crippen LogP contribution is -2.46. The maximum atomic E-state index is 14.9. The average molecular weight is 512 g/mol. The van der Waals surface area contributed by atoms with Gasteiger partial charge in [-0.1, -0.05) is 60.7 Å². The van der Waals surface area contributed by atoms with Crippen LogP contribution in [0.1, 0.15) is 61.5 Å². The van der Waals surface area contributed by atoms with Crippen molar-refractivity contribution < 1.29 is 8.78 Å². The molecular weight excluding hydrogens is 476 g/mol. The minimum absolute atomic E-state index is 0.0151. The Morgan fingerprint density at radius 3 is 1.76 bits per heavy atom. The maximum absolute atomic E-state index is 14.9. The van der Waals surface area contributed by atoms with Gasteiger partial charge in [0, 0.05) is 35.1 Å². The number of benzene rings is 2. The van der Waals surface area contributed by atoms with Crippen LogP contribution in [0.3, 0.4) is 0 Å². The number of halogens is 2. The molecule has 3 nitrogen and oxygen atoms in total. The molecule has 0 aliphatic heterocycles. The Labute approximate surface area is 223 Å². The van der Waals surface area contributed by atoms with E-state index in [-0.39, 0.29) is 59.2 Å². The van der Waals surface area contributed by atoms with Crippen molar-refractivity contribution >= 4 is 11.4 Å². The predicted molar refractivity (Wildman–Crippen MR) is 145 cm³/mol. The number of alkyl halides is 2. The van der Waals surface area contributed by atoms with Crippen LogP contribution in [-0.2, 0) is 0 Å². The second kappa shape index (κ2) is 9.40. The lowest BCUT2D eigenvalue weighted by molar-refractivity contribution is 0.0419. The molecule has 0 saturated heterocycles. The molecule has 5 heteroatoms. The summed E-state index contributed by atoms with van der Waals surface area (Å²) in [6, 6.07) is 21.2. The Morgan fingerprint density at radius 1 is 0.684 bits per heavy atom. The molecule has 5 aliphatic carbocycles. The normalized spacial score (nSPS) is 44.6. The van der Waals surface area contributed by atoms with Crippen LogP contribution in [0.15, 0.2) is 65.7 Å². The van der Waals surface area contributed by atoms with Crippen molar-refractivity contribution in [2.45, 2.75) is 62.7 Å². The minimum Gasteiger partial charge on any atom is -0.309 e. The molecule has 12 atom stereocenters. The largest absolute Gasteiger partial charge is 0.309 e. The molecule has 12 unspecified atom stereocenters. The monoisotopic (exact) mass is 511 g/mol. The van der Waals surface area contributed by atoms with E-state index in [1.165, 1.54) is 11.1 Å². The summed E-state index contributed by atoms with van der Waals surface area (Å²) in [5, 5.41) is 19.4. The number of nitrogens with zero attached hydrogens (tertiary/aromatic N) is 2. The molecule has 196 valence electrons. The minimum atomic E-state index is -0.854. The maximum Gasteiger partial charge on any atom is 0.205 e. The van der Waals surface area contributed by atoms with Crippen LogP contribution in [0.2, 0.25) is 0 Å². The first kappa shape index (κ1) is 24.2. The Balaban J connectivity index is 1.47. The molecule has 2 aromatic rings. The highest BCUT2D eigenvalue weighted by Gasteiger charge is 2.67. The summed E-state index contributed by atoms with van der Waals surface area (Å²) in [6.07, 6.45) is 4.07. The Kier molecular flexibility index (Phi) is 5.98. The van der Waals surface area contributed by atoms with E-state index in [0.29, 0.717) is 25.7 Å². The Hall–Kier alpha value is -2.87. The van der Waals surface area contributed by atoms with Crippen molar-refractivity contribution in [2.75, 3.05) is 0 Å². The second-order valence-electron chi connectivity index (χ2n) is 12.5. The number of aliphatic imine (C=N–C) groups is 1. The van der Waals surface area contributed by atoms with Gasteiger partial charge in [-0.05, 0) is 85.2 Å². The van der Waals surface area contributed by atoms with E-state index in [2.05, 4.69) is 59.7 Å². The van der Waals surface area contributed by atoms with Crippen molar-refractivity contribution in [3.05, 3.63) is 71.8 Å². The Morgan fingerprint density at radius 2 is 1.18 bits per heavy atom. The third kappa shape index (κ3) is 3.55. The van der Waals surface area contributed by atoms with Crippen LogP contribution in [0.5, 0.6) is 0 Å². The predicted octanol–water partition coefficient (Wildman–Crippen LogP) is 7.51. The van der Waals surface area contributed by atoms with E-state index in [4.69, 9.17) is 0 Å². The first-order chi connectivity index (χ1) is 18.6. The van der Waals surface area contributed by atoms with Gasteiger partial charge in [0.2, 0.25) is 6.19 Å². The van der Waals surface area contributed by atoms with E-state index < -0.39 is 12.3 Å². The van der Waals surface area contributed by atoms with Crippen LogP contribution >= 0.6 is 0 Å². The highest BCUT2D eigenvalue weighted by atomic mass is 19.1. The third-order valence-corrected chi connectivity index (χ3v) is 11.1. The number of nitriles is 1. The van der Waals surface area contributed by atoms with Crippen molar-refractivity contribution in [1.29, 1.82) is 10.7 Å². The highest BCUT2D eigenvalue weighted by Crippen LogP contribution is 2.69. The quantitative estimate of drug-likeness (QED) is 0.417. The molecule has 0 bridgehead atoms. The molecule has 0 spiro atoms. The van der Waals surface area contributed by atoms with Crippen LogP contribution in [0, 0.1) is 64.2 Å². The number of rotatable bonds is 2. The SMILES string of the molecule is N#CN=C1C2CC(F)CCC2C2C1C(c1ccccc1)C1C3CCC(F)CC3C(=N)C1C2c1ccccc1. The number of fused-ring (bicyclic) bond motifs is 6. The smallest absolute Gasteiger partial charge is 0.205 e. The van der Waals surface area contributed by atoms with Crippen LogP contribution in [-0.4, -0.2) is 23.8 Å². The number of hydrogen-bond acceptors (Lipinski definition) is 3. The third-order valence-electron chi connectivity index (χ3n) is 11.1. The Bertz CT molecular complexity index is 1270. The van der Waals surface area contributed by atoms with E-state index in [9.17, 15) is 19.5 Å². The average Bonchev–Trinajstić information content (AvgIpc) is 3.40. The summed E-state index contributed by atoms with van der Waals surface area (Å²) in [7, 11) is 0. The van der Waals surface area contributed by atoms with Gasteiger partial charge in [-0.25, -0.2) is 8.78 Å². The van der Waals surface area contributed by atoms with Crippen molar-refractivity contribution in [3.63, 3.8) is 0 Å². The molecule has 5 fully saturated rings. The summed E-state index contributed by atoms with van der Waals surface area (Å²) in [4.78, 5) is 4.52. The molecule has 5 saturated carbocycles. The zero-order chi connectivity index (χ0) is 26.0. The van der Waals surface area contributed by atoms with Gasteiger partial charge in [0.1, 0.15) is 12.3 Å². The molecular formula is C33H35F2N3. The van der Waals surface area contributed by atoms with Gasteiger partial charge in [-0.3, -0.25) is 0 Å². The zero-order valence-electron chi connectivity index (χ0n) is 21.6. The van der Waals surface area contributed by atoms with Crippen LogP contribution in [0.25, 0.3) is 0 Å². The summed E-state index contributed by atoms with van der Waals surface area (Å²) in [5.41, 5.74) is 4.13. The number of hydrogen-bond donors (Lipinski definition) is 1. The summed E-state index contributed by atoms with van der Waals surface area (Å²) >= 11 is 0. The molecule has 0 radical (unpaired) electrons.